The highest BCUT2D eigenvalue weighted by atomic mass is 16.2. The molecular formula is C21H14N2O2. The maximum atomic E-state index is 13.0. The Hall–Kier alpha value is -3.53. The quantitative estimate of drug-likeness (QED) is 0.536. The molecule has 0 N–H and O–H groups in total. The van der Waals surface area contributed by atoms with E-state index in [0.29, 0.717) is 16.7 Å². The Bertz CT molecular complexity index is 1080. The van der Waals surface area contributed by atoms with Crippen LogP contribution in [-0.2, 0) is 0 Å². The summed E-state index contributed by atoms with van der Waals surface area (Å²) < 4.78 is 1.48. The number of fused-ring (bicyclic) bond motifs is 1. The van der Waals surface area contributed by atoms with Crippen LogP contribution in [0.15, 0.2) is 85.2 Å². The molecule has 0 bridgehead atoms. The minimum absolute atomic E-state index is 0.172. The number of rotatable bonds is 3. The Morgan fingerprint density at radius 3 is 2.16 bits per heavy atom. The zero-order valence-electron chi connectivity index (χ0n) is 13.3. The molecule has 25 heavy (non-hydrogen) atoms. The van der Waals surface area contributed by atoms with Crippen molar-refractivity contribution in [3.05, 3.63) is 102 Å². The van der Waals surface area contributed by atoms with Crippen molar-refractivity contribution in [1.82, 2.24) is 9.55 Å². The number of hydrogen-bond acceptors (Lipinski definition) is 3. The third-order valence-electron chi connectivity index (χ3n) is 4.11. The van der Waals surface area contributed by atoms with E-state index in [0.717, 1.165) is 11.0 Å². The Balaban J connectivity index is 1.81. The average molecular weight is 326 g/mol. The van der Waals surface area contributed by atoms with E-state index in [4.69, 9.17) is 0 Å². The maximum Gasteiger partial charge on any atom is 0.264 e. The summed E-state index contributed by atoms with van der Waals surface area (Å²) in [5, 5.41) is 0. The Labute approximate surface area is 144 Å². The molecule has 0 saturated heterocycles. The lowest BCUT2D eigenvalue weighted by atomic mass is 9.98. The number of carbonyl (C=O) groups is 2. The van der Waals surface area contributed by atoms with Crippen LogP contribution in [0.5, 0.6) is 0 Å². The number of aromatic nitrogens is 2. The molecular weight excluding hydrogens is 312 g/mol. The summed E-state index contributed by atoms with van der Waals surface area (Å²) in [5.74, 6) is -0.442. The second kappa shape index (κ2) is 6.17. The molecule has 0 aliphatic carbocycles. The highest BCUT2D eigenvalue weighted by Gasteiger charge is 2.20. The zero-order valence-corrected chi connectivity index (χ0v) is 13.3. The van der Waals surface area contributed by atoms with Crippen LogP contribution in [-0.4, -0.2) is 21.2 Å². The van der Waals surface area contributed by atoms with Gasteiger partial charge in [0.15, 0.2) is 5.78 Å². The Morgan fingerprint density at radius 1 is 0.720 bits per heavy atom. The number of nitrogens with zero attached hydrogens (tertiary/aromatic N) is 2. The van der Waals surface area contributed by atoms with Gasteiger partial charge in [0.2, 0.25) is 0 Å². The number of carbonyl (C=O) groups excluding carboxylic acids is 2. The van der Waals surface area contributed by atoms with E-state index >= 15 is 0 Å². The van der Waals surface area contributed by atoms with E-state index < -0.39 is 0 Å². The fourth-order valence-electron chi connectivity index (χ4n) is 2.86. The molecule has 0 aliphatic heterocycles. The van der Waals surface area contributed by atoms with Gasteiger partial charge in [-0.15, -0.1) is 0 Å². The van der Waals surface area contributed by atoms with E-state index in [1.54, 1.807) is 48.5 Å². The molecule has 0 spiro atoms. The van der Waals surface area contributed by atoms with Crippen LogP contribution < -0.4 is 0 Å². The van der Waals surface area contributed by atoms with Gasteiger partial charge in [0.05, 0.1) is 16.6 Å². The van der Waals surface area contributed by atoms with Crippen molar-refractivity contribution in [2.24, 2.45) is 0 Å². The van der Waals surface area contributed by atoms with E-state index in [2.05, 4.69) is 4.98 Å². The lowest BCUT2D eigenvalue weighted by molar-refractivity contribution is 0.0951. The van der Waals surface area contributed by atoms with Crippen LogP contribution in [0.4, 0.5) is 0 Å². The molecule has 0 saturated carbocycles. The molecule has 0 unspecified atom stereocenters. The van der Waals surface area contributed by atoms with Crippen molar-refractivity contribution in [3.63, 3.8) is 0 Å². The van der Waals surface area contributed by atoms with Crippen molar-refractivity contribution < 1.29 is 9.59 Å². The van der Waals surface area contributed by atoms with Gasteiger partial charge in [-0.1, -0.05) is 60.7 Å². The van der Waals surface area contributed by atoms with Gasteiger partial charge in [0.25, 0.3) is 5.91 Å². The third-order valence-corrected chi connectivity index (χ3v) is 4.11. The van der Waals surface area contributed by atoms with Crippen LogP contribution >= 0.6 is 0 Å². The number of imidazole rings is 1. The molecule has 0 atom stereocenters. The van der Waals surface area contributed by atoms with Crippen LogP contribution in [0.25, 0.3) is 11.0 Å². The van der Waals surface area contributed by atoms with Crippen LogP contribution in [0, 0.1) is 0 Å². The fraction of sp³-hybridized carbons (Fsp3) is 0. The summed E-state index contributed by atoms with van der Waals surface area (Å²) in [6, 6.07) is 23.2. The minimum atomic E-state index is -0.270. The summed E-state index contributed by atoms with van der Waals surface area (Å²) in [6.07, 6.45) is 1.50. The monoisotopic (exact) mass is 326 g/mol. The lowest BCUT2D eigenvalue weighted by Gasteiger charge is -2.09. The predicted octanol–water partition coefficient (Wildman–Crippen LogP) is 3.96. The SMILES string of the molecule is O=C(c1ccccc1)c1ccccc1C(=O)n1cnc2ccccc21. The molecule has 0 amide bonds. The predicted molar refractivity (Wildman–Crippen MR) is 95.8 cm³/mol. The Morgan fingerprint density at radius 2 is 1.36 bits per heavy atom. The molecule has 1 heterocycles. The number of ketones is 1. The van der Waals surface area contributed by atoms with Crippen molar-refractivity contribution >= 4 is 22.7 Å². The van der Waals surface area contributed by atoms with Crippen LogP contribution in [0.1, 0.15) is 26.3 Å². The van der Waals surface area contributed by atoms with E-state index in [1.807, 2.05) is 30.3 Å². The van der Waals surface area contributed by atoms with Gasteiger partial charge in [-0.25, -0.2) is 4.98 Å². The van der Waals surface area contributed by atoms with Gasteiger partial charge in [-0.05, 0) is 18.2 Å². The molecule has 3 aromatic carbocycles. The van der Waals surface area contributed by atoms with Crippen molar-refractivity contribution in [2.45, 2.75) is 0 Å². The highest BCUT2D eigenvalue weighted by Crippen LogP contribution is 2.19. The molecule has 0 aliphatic rings. The molecule has 4 heteroatoms. The third kappa shape index (κ3) is 2.64. The zero-order chi connectivity index (χ0) is 17.2. The smallest absolute Gasteiger partial charge is 0.264 e. The number of para-hydroxylation sites is 2. The van der Waals surface area contributed by atoms with E-state index in [-0.39, 0.29) is 11.7 Å². The first-order valence-corrected chi connectivity index (χ1v) is 7.91. The summed E-state index contributed by atoms with van der Waals surface area (Å²) in [7, 11) is 0. The first-order chi connectivity index (χ1) is 12.3. The maximum absolute atomic E-state index is 13.0. The topological polar surface area (TPSA) is 52.0 Å². The highest BCUT2D eigenvalue weighted by molar-refractivity contribution is 6.16. The molecule has 4 nitrogen and oxygen atoms in total. The van der Waals surface area contributed by atoms with Gasteiger partial charge in [-0.3, -0.25) is 14.2 Å². The van der Waals surface area contributed by atoms with E-state index in [1.165, 1.54) is 10.9 Å². The van der Waals surface area contributed by atoms with Gasteiger partial charge in [-0.2, -0.15) is 0 Å². The molecule has 0 radical (unpaired) electrons. The fourth-order valence-corrected chi connectivity index (χ4v) is 2.86. The second-order valence-corrected chi connectivity index (χ2v) is 5.65. The molecule has 4 aromatic rings. The van der Waals surface area contributed by atoms with Crippen LogP contribution in [0.2, 0.25) is 0 Å². The Kier molecular flexibility index (Phi) is 3.71. The standard InChI is InChI=1S/C21H14N2O2/c24-20(15-8-2-1-3-9-15)16-10-4-5-11-17(16)21(25)23-14-22-18-12-6-7-13-19(18)23/h1-14H. The lowest BCUT2D eigenvalue weighted by Crippen LogP contribution is -2.16. The molecule has 120 valence electrons. The van der Waals surface area contributed by atoms with Gasteiger partial charge in [0.1, 0.15) is 6.33 Å². The average Bonchev–Trinajstić information content (AvgIpc) is 3.12. The molecule has 4 rings (SSSR count). The van der Waals surface area contributed by atoms with Crippen molar-refractivity contribution in [2.75, 3.05) is 0 Å². The molecule has 1 aromatic heterocycles. The first-order valence-electron chi connectivity index (χ1n) is 7.91. The van der Waals surface area contributed by atoms with Gasteiger partial charge in [0, 0.05) is 11.1 Å². The summed E-state index contributed by atoms with van der Waals surface area (Å²) in [4.78, 5) is 30.1. The normalized spacial score (nSPS) is 10.7. The van der Waals surface area contributed by atoms with Crippen LogP contribution in [0.3, 0.4) is 0 Å². The van der Waals surface area contributed by atoms with Gasteiger partial charge >= 0.3 is 0 Å². The number of hydrogen-bond donors (Lipinski definition) is 0. The second-order valence-electron chi connectivity index (χ2n) is 5.65. The van der Waals surface area contributed by atoms with E-state index in [9.17, 15) is 9.59 Å². The molecule has 0 fully saturated rings. The summed E-state index contributed by atoms with van der Waals surface area (Å²) >= 11 is 0. The minimum Gasteiger partial charge on any atom is -0.289 e. The van der Waals surface area contributed by atoms with Crippen molar-refractivity contribution in [3.8, 4) is 0 Å². The first kappa shape index (κ1) is 15.0. The largest absolute Gasteiger partial charge is 0.289 e. The summed E-state index contributed by atoms with van der Waals surface area (Å²) in [5.41, 5.74) is 2.76. The van der Waals surface area contributed by atoms with Crippen molar-refractivity contribution in [1.29, 1.82) is 0 Å². The summed E-state index contributed by atoms with van der Waals surface area (Å²) in [6.45, 7) is 0. The number of benzene rings is 3. The van der Waals surface area contributed by atoms with Gasteiger partial charge < -0.3 is 0 Å².